The predicted molar refractivity (Wildman–Crippen MR) is 96.1 cm³/mol. The molecule has 3 aliphatic rings. The number of fused-ring (bicyclic) bond motifs is 5. The highest BCUT2D eigenvalue weighted by Gasteiger charge is 2.54. The number of aromatic hydroxyl groups is 1. The van der Waals surface area contributed by atoms with Gasteiger partial charge in [0.05, 0.1) is 6.10 Å². The van der Waals surface area contributed by atoms with E-state index in [9.17, 15) is 10.2 Å². The molecule has 0 spiro atoms. The third-order valence-corrected chi connectivity index (χ3v) is 6.88. The number of aryl methyl sites for hydroxylation is 1. The molecule has 0 aromatic heterocycles. The second-order valence-corrected chi connectivity index (χ2v) is 8.16. The van der Waals surface area contributed by atoms with Gasteiger partial charge in [0.25, 0.3) is 0 Å². The lowest BCUT2D eigenvalue weighted by atomic mass is 9.55. The first kappa shape index (κ1) is 17.8. The number of benzene rings is 1. The second kappa shape index (κ2) is 7.05. The summed E-state index contributed by atoms with van der Waals surface area (Å²) in [4.78, 5) is 0. The Kier molecular flexibility index (Phi) is 5.22. The summed E-state index contributed by atoms with van der Waals surface area (Å²) >= 11 is 0. The van der Waals surface area contributed by atoms with E-state index in [2.05, 4.69) is 13.0 Å². The minimum Gasteiger partial charge on any atom is -0.508 e. The number of aliphatic hydroxyl groups excluding tert-OH is 2. The molecule has 5 atom stereocenters. The molecule has 3 heteroatoms. The Labute approximate surface area is 145 Å². The standard InChI is InChI=1S/C18H24O2.C3H8O/c1-18-9-8-14-13-5-3-12(19)10-11(13)2-4-15(14)16(18)6-7-17(18)20;1-2-3-4/h3,5,10,14-17,19-20H,2,4,6-9H2,1H3;4H,2-3H2,1H3/t14-,15-,16+,17+,18+;/m1./s1. The van der Waals surface area contributed by atoms with Gasteiger partial charge in [-0.25, -0.2) is 0 Å². The topological polar surface area (TPSA) is 60.7 Å². The number of aliphatic hydroxyl groups is 2. The molecule has 134 valence electrons. The van der Waals surface area contributed by atoms with Gasteiger partial charge in [0, 0.05) is 6.61 Å². The molecule has 0 saturated heterocycles. The number of phenolic OH excluding ortho intramolecular Hbond substituents is 1. The number of rotatable bonds is 1. The summed E-state index contributed by atoms with van der Waals surface area (Å²) in [5.74, 6) is 2.49. The van der Waals surface area contributed by atoms with Crippen LogP contribution < -0.4 is 0 Å². The SMILES string of the molecule is CCCO.C[C@]12CC[C@@H]3c4ccc(O)cc4CC[C@H]3[C@@H]1CC[C@@H]2O. The average molecular weight is 332 g/mol. The molecule has 24 heavy (non-hydrogen) atoms. The van der Waals surface area contributed by atoms with Crippen LogP contribution in [0.5, 0.6) is 5.75 Å². The molecule has 3 N–H and O–H groups in total. The summed E-state index contributed by atoms with van der Waals surface area (Å²) in [7, 11) is 0. The van der Waals surface area contributed by atoms with E-state index >= 15 is 0 Å². The molecule has 0 aliphatic heterocycles. The van der Waals surface area contributed by atoms with Crippen molar-refractivity contribution in [2.45, 2.75) is 70.8 Å². The monoisotopic (exact) mass is 332 g/mol. The van der Waals surface area contributed by atoms with Crippen LogP contribution in [0.2, 0.25) is 0 Å². The predicted octanol–water partition coefficient (Wildman–Crippen LogP) is 4.00. The highest BCUT2D eigenvalue weighted by molar-refractivity contribution is 5.40. The van der Waals surface area contributed by atoms with Crippen molar-refractivity contribution in [1.82, 2.24) is 0 Å². The van der Waals surface area contributed by atoms with E-state index < -0.39 is 0 Å². The molecule has 3 aliphatic carbocycles. The van der Waals surface area contributed by atoms with Gasteiger partial charge in [-0.15, -0.1) is 0 Å². The second-order valence-electron chi connectivity index (χ2n) is 8.16. The molecule has 0 amide bonds. The molecular formula is C21H32O3. The van der Waals surface area contributed by atoms with E-state index in [1.54, 1.807) is 0 Å². The summed E-state index contributed by atoms with van der Waals surface area (Å²) < 4.78 is 0. The summed E-state index contributed by atoms with van der Waals surface area (Å²) in [5, 5.41) is 27.9. The van der Waals surface area contributed by atoms with Gasteiger partial charge in [0.1, 0.15) is 5.75 Å². The number of phenols is 1. The molecule has 0 radical (unpaired) electrons. The maximum atomic E-state index is 10.4. The van der Waals surface area contributed by atoms with Crippen molar-refractivity contribution in [1.29, 1.82) is 0 Å². The fraction of sp³-hybridized carbons (Fsp3) is 0.714. The van der Waals surface area contributed by atoms with E-state index in [0.29, 0.717) is 24.2 Å². The van der Waals surface area contributed by atoms with Gasteiger partial charge in [-0.1, -0.05) is 19.9 Å². The van der Waals surface area contributed by atoms with Crippen molar-refractivity contribution in [3.8, 4) is 5.75 Å². The third kappa shape index (κ3) is 2.97. The zero-order chi connectivity index (χ0) is 17.3. The zero-order valence-electron chi connectivity index (χ0n) is 15.0. The Bertz CT molecular complexity index is 568. The van der Waals surface area contributed by atoms with Crippen LogP contribution in [0.3, 0.4) is 0 Å². The van der Waals surface area contributed by atoms with Crippen LogP contribution in [-0.4, -0.2) is 28.0 Å². The van der Waals surface area contributed by atoms with Crippen molar-refractivity contribution in [2.24, 2.45) is 17.3 Å². The van der Waals surface area contributed by atoms with E-state index in [1.165, 1.54) is 30.4 Å². The molecule has 2 saturated carbocycles. The maximum absolute atomic E-state index is 10.4. The van der Waals surface area contributed by atoms with Gasteiger partial charge in [-0.05, 0) is 91.4 Å². The summed E-state index contributed by atoms with van der Waals surface area (Å²) in [6.45, 7) is 4.57. The van der Waals surface area contributed by atoms with E-state index in [4.69, 9.17) is 5.11 Å². The largest absolute Gasteiger partial charge is 0.508 e. The van der Waals surface area contributed by atoms with Crippen LogP contribution in [0.15, 0.2) is 18.2 Å². The Morgan fingerprint density at radius 1 is 1.17 bits per heavy atom. The third-order valence-electron chi connectivity index (χ3n) is 6.88. The number of hydrogen-bond donors (Lipinski definition) is 3. The smallest absolute Gasteiger partial charge is 0.115 e. The van der Waals surface area contributed by atoms with Crippen LogP contribution in [0.25, 0.3) is 0 Å². The molecule has 0 bridgehead atoms. The molecule has 3 nitrogen and oxygen atoms in total. The fourth-order valence-electron chi connectivity index (χ4n) is 5.54. The fourth-order valence-corrected chi connectivity index (χ4v) is 5.54. The molecule has 4 rings (SSSR count). The van der Waals surface area contributed by atoms with Crippen molar-refractivity contribution >= 4 is 0 Å². The maximum Gasteiger partial charge on any atom is 0.115 e. The summed E-state index contributed by atoms with van der Waals surface area (Å²) in [6.07, 6.45) is 7.66. The lowest BCUT2D eigenvalue weighted by Gasteiger charge is -2.50. The quantitative estimate of drug-likeness (QED) is 0.728. The van der Waals surface area contributed by atoms with E-state index in [0.717, 1.165) is 31.6 Å². The molecule has 1 aromatic rings. The Balaban J connectivity index is 0.000000383. The minimum atomic E-state index is -0.0883. The van der Waals surface area contributed by atoms with Crippen molar-refractivity contribution in [3.05, 3.63) is 29.3 Å². The average Bonchev–Trinajstić information content (AvgIpc) is 2.90. The van der Waals surface area contributed by atoms with Gasteiger partial charge < -0.3 is 15.3 Å². The van der Waals surface area contributed by atoms with Crippen molar-refractivity contribution < 1.29 is 15.3 Å². The normalized spacial score (nSPS) is 36.8. The first-order valence-corrected chi connectivity index (χ1v) is 9.62. The first-order valence-electron chi connectivity index (χ1n) is 9.62. The van der Waals surface area contributed by atoms with Crippen molar-refractivity contribution in [2.75, 3.05) is 6.61 Å². The van der Waals surface area contributed by atoms with Crippen LogP contribution in [0, 0.1) is 17.3 Å². The van der Waals surface area contributed by atoms with E-state index in [1.807, 2.05) is 19.1 Å². The van der Waals surface area contributed by atoms with Crippen LogP contribution in [0.4, 0.5) is 0 Å². The van der Waals surface area contributed by atoms with Gasteiger partial charge in [0.2, 0.25) is 0 Å². The highest BCUT2D eigenvalue weighted by Crippen LogP contribution is 2.60. The number of hydrogen-bond acceptors (Lipinski definition) is 3. The summed E-state index contributed by atoms with van der Waals surface area (Å²) in [5.41, 5.74) is 2.99. The van der Waals surface area contributed by atoms with E-state index in [-0.39, 0.29) is 11.5 Å². The lowest BCUT2D eigenvalue weighted by molar-refractivity contribution is -0.0226. The first-order chi connectivity index (χ1) is 11.5. The Morgan fingerprint density at radius 3 is 2.62 bits per heavy atom. The van der Waals surface area contributed by atoms with Crippen LogP contribution in [0.1, 0.15) is 69.4 Å². The highest BCUT2D eigenvalue weighted by atomic mass is 16.3. The molecule has 0 unspecified atom stereocenters. The molecule has 2 fully saturated rings. The Morgan fingerprint density at radius 2 is 1.92 bits per heavy atom. The summed E-state index contributed by atoms with van der Waals surface area (Å²) in [6, 6.07) is 5.96. The Hall–Kier alpha value is -1.06. The zero-order valence-corrected chi connectivity index (χ0v) is 15.0. The minimum absolute atomic E-state index is 0.0883. The van der Waals surface area contributed by atoms with Crippen LogP contribution in [-0.2, 0) is 6.42 Å². The molecule has 1 aromatic carbocycles. The van der Waals surface area contributed by atoms with Gasteiger partial charge in [-0.3, -0.25) is 0 Å². The van der Waals surface area contributed by atoms with Gasteiger partial charge in [-0.2, -0.15) is 0 Å². The van der Waals surface area contributed by atoms with Gasteiger partial charge in [0.15, 0.2) is 0 Å². The lowest BCUT2D eigenvalue weighted by Crippen LogP contribution is -2.43. The van der Waals surface area contributed by atoms with Crippen LogP contribution >= 0.6 is 0 Å². The molecule has 0 heterocycles. The molecular weight excluding hydrogens is 300 g/mol. The van der Waals surface area contributed by atoms with Gasteiger partial charge >= 0.3 is 0 Å². The van der Waals surface area contributed by atoms with Crippen molar-refractivity contribution in [3.63, 3.8) is 0 Å².